The predicted molar refractivity (Wildman–Crippen MR) is 92.4 cm³/mol. The molecule has 0 bridgehead atoms. The summed E-state index contributed by atoms with van der Waals surface area (Å²) in [6.45, 7) is 5.97. The van der Waals surface area contributed by atoms with Crippen LogP contribution in [0.1, 0.15) is 34.4 Å². The normalized spacial score (nSPS) is 12.0. The Labute approximate surface area is 136 Å². The van der Waals surface area contributed by atoms with Crippen molar-refractivity contribution in [2.24, 2.45) is 0 Å². The molecule has 0 saturated heterocycles. The number of hydrogen-bond donors (Lipinski definition) is 1. The lowest BCUT2D eigenvalue weighted by molar-refractivity contribution is 0.867. The van der Waals surface area contributed by atoms with Crippen LogP contribution in [0.5, 0.6) is 0 Å². The fourth-order valence-corrected chi connectivity index (χ4v) is 2.66. The minimum Gasteiger partial charge on any atom is -0.357 e. The van der Waals surface area contributed by atoms with Crippen LogP contribution in [0.2, 0.25) is 0 Å². The fraction of sp³-hybridized carbons (Fsp3) is 0.211. The molecule has 3 rings (SSSR count). The summed E-state index contributed by atoms with van der Waals surface area (Å²) in [7, 11) is 0. The van der Waals surface area contributed by atoms with Gasteiger partial charge in [-0.2, -0.15) is 0 Å². The summed E-state index contributed by atoms with van der Waals surface area (Å²) >= 11 is 0. The lowest BCUT2D eigenvalue weighted by atomic mass is 10.0. The van der Waals surface area contributed by atoms with Crippen LogP contribution in [0.15, 0.2) is 54.7 Å². The molecule has 0 aliphatic carbocycles. The highest BCUT2D eigenvalue weighted by molar-refractivity contribution is 5.44. The second-order valence-electron chi connectivity index (χ2n) is 5.69. The van der Waals surface area contributed by atoms with Crippen molar-refractivity contribution in [2.75, 3.05) is 5.32 Å². The molecule has 23 heavy (non-hydrogen) atoms. The summed E-state index contributed by atoms with van der Waals surface area (Å²) in [5, 5.41) is 3.51. The lowest BCUT2D eigenvalue weighted by Gasteiger charge is -2.20. The maximum absolute atomic E-state index is 4.52. The van der Waals surface area contributed by atoms with Crippen molar-refractivity contribution in [1.29, 1.82) is 0 Å². The molecule has 0 aliphatic rings. The number of rotatable bonds is 4. The average Bonchev–Trinajstić information content (AvgIpc) is 2.52. The molecule has 0 radical (unpaired) electrons. The Morgan fingerprint density at radius 2 is 1.78 bits per heavy atom. The van der Waals surface area contributed by atoms with Crippen LogP contribution in [0.3, 0.4) is 0 Å². The van der Waals surface area contributed by atoms with Gasteiger partial charge in [-0.3, -0.25) is 4.98 Å². The number of hydrogen-bond acceptors (Lipinski definition) is 4. The number of aromatic nitrogens is 3. The van der Waals surface area contributed by atoms with Gasteiger partial charge in [-0.1, -0.05) is 35.9 Å². The molecule has 3 aromatic rings. The summed E-state index contributed by atoms with van der Waals surface area (Å²) in [4.78, 5) is 13.4. The zero-order chi connectivity index (χ0) is 16.2. The Kier molecular flexibility index (Phi) is 4.33. The molecule has 116 valence electrons. The maximum Gasteiger partial charge on any atom is 0.130 e. The molecule has 2 heterocycles. The van der Waals surface area contributed by atoms with Crippen molar-refractivity contribution >= 4 is 5.82 Å². The van der Waals surface area contributed by atoms with Crippen molar-refractivity contribution in [2.45, 2.75) is 26.8 Å². The molecule has 1 aromatic carbocycles. The summed E-state index contributed by atoms with van der Waals surface area (Å²) in [6, 6.07) is 16.3. The average molecular weight is 304 g/mol. The third-order valence-corrected chi connectivity index (χ3v) is 3.62. The number of aryl methyl sites for hydroxylation is 3. The summed E-state index contributed by atoms with van der Waals surface area (Å²) in [5.41, 5.74) is 4.30. The van der Waals surface area contributed by atoms with Gasteiger partial charge in [0.1, 0.15) is 11.6 Å². The van der Waals surface area contributed by atoms with Crippen molar-refractivity contribution < 1.29 is 0 Å². The topological polar surface area (TPSA) is 50.7 Å². The fourth-order valence-electron chi connectivity index (χ4n) is 2.66. The zero-order valence-corrected chi connectivity index (χ0v) is 13.6. The predicted octanol–water partition coefficient (Wildman–Crippen LogP) is 4.00. The first-order valence-electron chi connectivity index (χ1n) is 7.68. The molecule has 1 unspecified atom stereocenters. The minimum absolute atomic E-state index is 0.0511. The quantitative estimate of drug-likeness (QED) is 0.791. The Morgan fingerprint density at radius 1 is 0.913 bits per heavy atom. The third-order valence-electron chi connectivity index (χ3n) is 3.62. The minimum atomic E-state index is -0.0511. The van der Waals surface area contributed by atoms with Gasteiger partial charge in [-0.15, -0.1) is 0 Å². The van der Waals surface area contributed by atoms with Crippen molar-refractivity contribution in [3.8, 4) is 0 Å². The van der Waals surface area contributed by atoms with E-state index in [1.165, 1.54) is 5.56 Å². The standard InChI is InChI=1S/C19H20N4/c1-13-7-6-8-16(11-13)19(17-9-4-5-10-20-17)23-18-12-14(2)21-15(3)22-18/h4-12,19H,1-3H3,(H,21,22,23). The van der Waals surface area contributed by atoms with Gasteiger partial charge in [-0.25, -0.2) is 9.97 Å². The van der Waals surface area contributed by atoms with Gasteiger partial charge in [0, 0.05) is 18.0 Å². The Bertz CT molecular complexity index is 779. The molecule has 0 spiro atoms. The number of pyridine rings is 1. The number of nitrogens with one attached hydrogen (secondary N) is 1. The smallest absolute Gasteiger partial charge is 0.130 e. The van der Waals surface area contributed by atoms with Crippen LogP contribution >= 0.6 is 0 Å². The van der Waals surface area contributed by atoms with Crippen molar-refractivity contribution in [3.63, 3.8) is 0 Å². The van der Waals surface area contributed by atoms with Gasteiger partial charge in [0.05, 0.1) is 11.7 Å². The Morgan fingerprint density at radius 3 is 2.48 bits per heavy atom. The van der Waals surface area contributed by atoms with Crippen LogP contribution in [0.25, 0.3) is 0 Å². The largest absolute Gasteiger partial charge is 0.357 e. The summed E-state index contributed by atoms with van der Waals surface area (Å²) in [6.07, 6.45) is 1.82. The number of benzene rings is 1. The summed E-state index contributed by atoms with van der Waals surface area (Å²) in [5.74, 6) is 1.57. The highest BCUT2D eigenvalue weighted by atomic mass is 15.1. The molecule has 1 atom stereocenters. The van der Waals surface area contributed by atoms with Crippen LogP contribution in [0.4, 0.5) is 5.82 Å². The first-order chi connectivity index (χ1) is 11.1. The van der Waals surface area contributed by atoms with Crippen LogP contribution in [-0.4, -0.2) is 15.0 Å². The monoisotopic (exact) mass is 304 g/mol. The molecule has 0 amide bonds. The van der Waals surface area contributed by atoms with E-state index in [-0.39, 0.29) is 6.04 Å². The van der Waals surface area contributed by atoms with Crippen LogP contribution in [0, 0.1) is 20.8 Å². The highest BCUT2D eigenvalue weighted by Crippen LogP contribution is 2.25. The molecule has 0 saturated carbocycles. The first kappa shape index (κ1) is 15.2. The van der Waals surface area contributed by atoms with Gasteiger partial charge in [-0.05, 0) is 38.5 Å². The highest BCUT2D eigenvalue weighted by Gasteiger charge is 2.16. The van der Waals surface area contributed by atoms with E-state index in [4.69, 9.17) is 0 Å². The second kappa shape index (κ2) is 6.57. The van der Waals surface area contributed by atoms with E-state index < -0.39 is 0 Å². The Balaban J connectivity index is 2.02. The van der Waals surface area contributed by atoms with Crippen molar-refractivity contribution in [3.05, 3.63) is 83.1 Å². The third kappa shape index (κ3) is 3.72. The van der Waals surface area contributed by atoms with E-state index in [0.717, 1.165) is 28.6 Å². The van der Waals surface area contributed by atoms with Gasteiger partial charge in [0.2, 0.25) is 0 Å². The van der Waals surface area contributed by atoms with Gasteiger partial charge < -0.3 is 5.32 Å². The second-order valence-corrected chi connectivity index (χ2v) is 5.69. The Hall–Kier alpha value is -2.75. The molecule has 4 nitrogen and oxygen atoms in total. The molecular formula is C19H20N4. The summed E-state index contributed by atoms with van der Waals surface area (Å²) < 4.78 is 0. The van der Waals surface area contributed by atoms with Gasteiger partial charge in [0.15, 0.2) is 0 Å². The molecule has 2 aromatic heterocycles. The van der Waals surface area contributed by atoms with E-state index in [1.54, 1.807) is 0 Å². The van der Waals surface area contributed by atoms with Crippen LogP contribution in [-0.2, 0) is 0 Å². The van der Waals surface area contributed by atoms with E-state index in [9.17, 15) is 0 Å². The molecule has 4 heteroatoms. The zero-order valence-electron chi connectivity index (χ0n) is 13.6. The van der Waals surface area contributed by atoms with E-state index in [1.807, 2.05) is 44.3 Å². The molecular weight excluding hydrogens is 284 g/mol. The maximum atomic E-state index is 4.52. The molecule has 0 aliphatic heterocycles. The number of nitrogens with zero attached hydrogens (tertiary/aromatic N) is 3. The van der Waals surface area contributed by atoms with E-state index >= 15 is 0 Å². The van der Waals surface area contributed by atoms with Crippen molar-refractivity contribution in [1.82, 2.24) is 15.0 Å². The van der Waals surface area contributed by atoms with E-state index in [0.29, 0.717) is 0 Å². The molecule has 1 N–H and O–H groups in total. The lowest BCUT2D eigenvalue weighted by Crippen LogP contribution is -2.15. The van der Waals surface area contributed by atoms with Crippen LogP contribution < -0.4 is 5.32 Å². The number of anilines is 1. The first-order valence-corrected chi connectivity index (χ1v) is 7.68. The van der Waals surface area contributed by atoms with Gasteiger partial charge >= 0.3 is 0 Å². The molecule has 0 fully saturated rings. The van der Waals surface area contributed by atoms with Gasteiger partial charge in [0.25, 0.3) is 0 Å². The SMILES string of the molecule is Cc1cccc(C(Nc2cc(C)nc(C)n2)c2ccccn2)c1. The van der Waals surface area contributed by atoms with E-state index in [2.05, 4.69) is 51.5 Å².